The van der Waals surface area contributed by atoms with E-state index in [0.29, 0.717) is 17.5 Å². The number of phenolic OH excluding ortho intramolecular Hbond substituents is 2. The van der Waals surface area contributed by atoms with Crippen molar-refractivity contribution in [3.8, 4) is 11.5 Å². The lowest BCUT2D eigenvalue weighted by atomic mass is 9.97. The van der Waals surface area contributed by atoms with Crippen molar-refractivity contribution in [1.29, 1.82) is 10.8 Å². The van der Waals surface area contributed by atoms with Gasteiger partial charge in [0.2, 0.25) is 82.7 Å². The van der Waals surface area contributed by atoms with E-state index in [1.54, 1.807) is 39.5 Å². The fourth-order valence-electron chi connectivity index (χ4n) is 12.5. The molecule has 0 saturated carbocycles. The largest absolute Gasteiger partial charge is 0.508 e. The van der Waals surface area contributed by atoms with Gasteiger partial charge < -0.3 is 134 Å². The summed E-state index contributed by atoms with van der Waals surface area (Å²) in [6.45, 7) is 6.88. The number of hydrogen-bond acceptors (Lipinski definition) is 27. The molecule has 0 radical (unpaired) electrons. The van der Waals surface area contributed by atoms with E-state index in [9.17, 15) is 102 Å². The van der Waals surface area contributed by atoms with Crippen LogP contribution in [-0.2, 0) is 94.3 Å². The van der Waals surface area contributed by atoms with Crippen molar-refractivity contribution in [1.82, 2.24) is 79.8 Å². The van der Waals surface area contributed by atoms with Gasteiger partial charge in [-0.3, -0.25) is 87.5 Å². The van der Waals surface area contributed by atoms with Crippen LogP contribution in [0.1, 0.15) is 148 Å². The summed E-state index contributed by atoms with van der Waals surface area (Å²) in [6, 6.07) is -10.4. The zero-order valence-electron chi connectivity index (χ0n) is 73.0. The molecule has 2 aromatic carbocycles. The molecule has 2 rings (SSSR count). The van der Waals surface area contributed by atoms with Crippen LogP contribution in [-0.4, -0.2) is 284 Å². The number of primary amides is 1. The van der Waals surface area contributed by atoms with Crippen LogP contribution < -0.4 is 108 Å². The molecule has 716 valence electrons. The summed E-state index contributed by atoms with van der Waals surface area (Å²) in [6.07, 6.45) is 2.08. The Bertz CT molecular complexity index is 4010. The Labute approximate surface area is 761 Å². The second-order valence-corrected chi connectivity index (χ2v) is 34.1. The van der Waals surface area contributed by atoms with Crippen molar-refractivity contribution in [2.45, 2.75) is 234 Å². The molecule has 32 N–H and O–H groups in total. The van der Waals surface area contributed by atoms with E-state index in [-0.39, 0.29) is 150 Å². The van der Waals surface area contributed by atoms with E-state index in [0.717, 1.165) is 0 Å². The first kappa shape index (κ1) is 113. The van der Waals surface area contributed by atoms with Gasteiger partial charge >= 0.3 is 17.9 Å². The second kappa shape index (κ2) is 61.4. The monoisotopic (exact) mass is 1880 g/mol. The highest BCUT2D eigenvalue weighted by Gasteiger charge is 2.40. The minimum atomic E-state index is -1.88. The molecule has 0 heterocycles. The molecular weight excluding hydrogens is 1750 g/mol. The molecule has 44 nitrogen and oxygen atoms in total. The Morgan fingerprint density at radius 3 is 1.06 bits per heavy atom. The number of unbranched alkanes of at least 4 members (excludes halogenated alkanes) is 1. The van der Waals surface area contributed by atoms with Gasteiger partial charge in [0.15, 0.2) is 11.9 Å². The average Bonchev–Trinajstić information content (AvgIpc) is 0.849. The highest BCUT2D eigenvalue weighted by atomic mass is 32.2. The topological polar surface area (TPSA) is 750 Å². The van der Waals surface area contributed by atoms with Gasteiger partial charge in [-0.05, 0) is 173 Å². The average molecular weight is 1880 g/mol. The predicted octanol–water partition coefficient (Wildman–Crippen LogP) is -3.86. The first-order valence-corrected chi connectivity index (χ1v) is 46.5. The van der Waals surface area contributed by atoms with Crippen molar-refractivity contribution in [2.24, 2.45) is 40.5 Å². The van der Waals surface area contributed by atoms with Crippen LogP contribution in [0.2, 0.25) is 0 Å². The number of benzene rings is 2. The fourth-order valence-corrected chi connectivity index (χ4v) is 14.2. The number of rotatable bonds is 65. The number of amides is 14. The maximum atomic E-state index is 15.0. The Morgan fingerprint density at radius 2 is 0.719 bits per heavy atom. The fraction of sp³-hybridized carbons (Fsp3) is 0.613. The van der Waals surface area contributed by atoms with Gasteiger partial charge in [-0.1, -0.05) is 58.4 Å². The lowest BCUT2D eigenvalue weighted by Crippen LogP contribution is -2.62. The number of thiol groups is 1. The minimum Gasteiger partial charge on any atom is -0.508 e. The maximum Gasteiger partial charge on any atom is 0.326 e. The molecule has 15 atom stereocenters. The SMILES string of the molecule is CC[C@H](C)[C@H](NC(=O)[C@H](CC(N)=O)NC(=O)[C@H](CCCNC(=N)N)NC(=O)[C@H](Cc1ccc(O)cc1)NC(=O)[C@H](CS)NC(=O)[C@H](CCSC)NC(=O)[C@H](Cc1ccc(O)cc1)NC(=O)[C@H](CCSC)NC(=O)[C@H](CCSC)NC(=O)[C@H](CCCCN)NC(=O)[C@H](CCCNC(=N)N)NC(=O)[C@H](CC(C)C)NC(=O)[C@@H](N)CCC(=O)O)C(=O)N[C@@H](CCC(=O)O)C(=O)O. The summed E-state index contributed by atoms with van der Waals surface area (Å²) >= 11 is 8.26. The Morgan fingerprint density at radius 1 is 0.398 bits per heavy atom. The number of aromatic hydroxyl groups is 2. The summed E-state index contributed by atoms with van der Waals surface area (Å²) in [5.41, 5.74) is 29.1. The predicted molar refractivity (Wildman–Crippen MR) is 485 cm³/mol. The minimum absolute atomic E-state index is 0.0334. The Hall–Kier alpha value is -11.1. The molecule has 0 spiro atoms. The van der Waals surface area contributed by atoms with Crippen LogP contribution >= 0.6 is 47.9 Å². The number of phenols is 2. The first-order valence-electron chi connectivity index (χ1n) is 41.7. The summed E-state index contributed by atoms with van der Waals surface area (Å²) < 4.78 is 0. The van der Waals surface area contributed by atoms with E-state index in [1.807, 2.05) is 0 Å². The summed E-state index contributed by atoms with van der Waals surface area (Å²) in [7, 11) is 0. The van der Waals surface area contributed by atoms with Gasteiger partial charge in [-0.2, -0.15) is 47.9 Å². The Kier molecular flexibility index (Phi) is 54.2. The van der Waals surface area contributed by atoms with Gasteiger partial charge in [0.1, 0.15) is 90.0 Å². The second-order valence-electron chi connectivity index (χ2n) is 30.7. The molecule has 0 aliphatic rings. The number of aliphatic carboxylic acids is 3. The lowest BCUT2D eigenvalue weighted by Gasteiger charge is -2.29. The Balaban J connectivity index is 2.68. The van der Waals surface area contributed by atoms with Gasteiger partial charge in [0.25, 0.3) is 0 Å². The molecule has 2 aromatic rings. The first-order chi connectivity index (χ1) is 60.5. The van der Waals surface area contributed by atoms with Crippen LogP contribution in [0.15, 0.2) is 48.5 Å². The molecule has 14 amide bonds. The van der Waals surface area contributed by atoms with Crippen molar-refractivity contribution < 1.29 is 107 Å². The van der Waals surface area contributed by atoms with Crippen LogP contribution in [0.3, 0.4) is 0 Å². The third-order valence-corrected chi connectivity index (χ3v) is 22.1. The summed E-state index contributed by atoms with van der Waals surface area (Å²) in [5, 5.41) is 103. The molecule has 0 bridgehead atoms. The van der Waals surface area contributed by atoms with Crippen molar-refractivity contribution >= 4 is 160 Å². The van der Waals surface area contributed by atoms with Crippen LogP contribution in [0.5, 0.6) is 11.5 Å². The number of carbonyl (C=O) groups is 17. The molecule has 0 aromatic heterocycles. The molecule has 0 saturated heterocycles. The molecule has 128 heavy (non-hydrogen) atoms. The summed E-state index contributed by atoms with van der Waals surface area (Å²) in [4.78, 5) is 235. The molecular formula is C80H130N22O22S4. The quantitative estimate of drug-likeness (QED) is 0.0130. The van der Waals surface area contributed by atoms with Gasteiger partial charge in [-0.25, -0.2) is 4.79 Å². The third-order valence-electron chi connectivity index (χ3n) is 19.8. The number of guanidine groups is 2. The number of nitrogens with two attached hydrogens (primary N) is 5. The zero-order valence-corrected chi connectivity index (χ0v) is 76.3. The molecule has 48 heteroatoms. The highest BCUT2D eigenvalue weighted by Crippen LogP contribution is 2.19. The normalized spacial score (nSPS) is 14.6. The van der Waals surface area contributed by atoms with Gasteiger partial charge in [0.05, 0.1) is 12.5 Å². The maximum absolute atomic E-state index is 15.0. The van der Waals surface area contributed by atoms with Crippen LogP contribution in [0.4, 0.5) is 0 Å². The standard InChI is InChI=1S/C80H130N22O22S4/c1-8-43(4)64(77(122)96-55(78(123)124)25-27-63(108)109)102-75(120)59(40-61(83)105)100-68(113)51(15-12-33-89-80(86)87)92-73(118)58(39-45-18-22-47(104)23-19-45)99-76(121)60(41-125)101-71(116)54(30-36-128-7)95-74(119)57(38-44-16-20-46(103)21-17-44)98-70(115)53(29-35-127-6)94-69(114)52(28-34-126-5)93-66(111)49(13-9-10-31-81)90-67(112)50(14-11-32-88-79(84)85)91-72(117)56(37-42(2)3)97-65(110)48(82)24-26-62(106)107/h16-23,42-43,48-60,64,103-104,125H,8-15,24-41,81-82H2,1-7H3,(H2,83,105)(H,90,112)(H,91,117)(H,92,118)(H,93,111)(H,94,114)(H,95,119)(H,96,122)(H,97,110)(H,98,115)(H,99,121)(H,100,113)(H,101,116)(H,102,120)(H,106,107)(H,108,109)(H,123,124)(H4,84,85,88)(H4,86,87,89)/t43-,48-,49-,50-,51-,52-,53-,54-,55-,56-,57-,58-,59-,60-,64-/m0/s1. The number of nitrogens with one attached hydrogen (secondary N) is 17. The number of carboxylic acid groups (broad SMARTS) is 3. The van der Waals surface area contributed by atoms with E-state index >= 15 is 4.79 Å². The van der Waals surface area contributed by atoms with E-state index < -0.39 is 229 Å². The van der Waals surface area contributed by atoms with Gasteiger partial charge in [0, 0.05) is 44.5 Å². The highest BCUT2D eigenvalue weighted by molar-refractivity contribution is 7.99. The smallest absolute Gasteiger partial charge is 0.326 e. The zero-order chi connectivity index (χ0) is 96.3. The van der Waals surface area contributed by atoms with Crippen LogP contribution in [0, 0.1) is 22.7 Å². The molecule has 0 unspecified atom stereocenters. The lowest BCUT2D eigenvalue weighted by molar-refractivity contribution is -0.144. The van der Waals surface area contributed by atoms with E-state index in [1.165, 1.54) is 90.7 Å². The van der Waals surface area contributed by atoms with Gasteiger partial charge in [-0.15, -0.1) is 0 Å². The number of carbonyl (C=O) groups excluding carboxylic acids is 14. The summed E-state index contributed by atoms with van der Waals surface area (Å²) in [5.74, 6) is -19.7. The molecule has 0 aliphatic heterocycles. The number of carboxylic acids is 3. The van der Waals surface area contributed by atoms with E-state index in [2.05, 4.69) is 92.4 Å². The number of hydrogen-bond donors (Lipinski definition) is 28. The molecule has 0 aliphatic carbocycles. The molecule has 0 fully saturated rings. The number of thioether (sulfide) groups is 3. The van der Waals surface area contributed by atoms with Crippen molar-refractivity contribution in [3.05, 3.63) is 59.7 Å². The van der Waals surface area contributed by atoms with Crippen LogP contribution in [0.25, 0.3) is 0 Å². The third kappa shape index (κ3) is 45.0. The van der Waals surface area contributed by atoms with E-state index in [4.69, 9.17) is 39.5 Å². The van der Waals surface area contributed by atoms with Crippen molar-refractivity contribution in [2.75, 3.05) is 61.4 Å². The van der Waals surface area contributed by atoms with Crippen molar-refractivity contribution in [3.63, 3.8) is 0 Å².